The molecular formula is C26H37N3O4. The lowest BCUT2D eigenvalue weighted by atomic mass is 10.0. The van der Waals surface area contributed by atoms with Gasteiger partial charge in [-0.3, -0.25) is 4.79 Å². The second-order valence-electron chi connectivity index (χ2n) is 7.75. The number of carbonyl (C=O) groups is 2. The van der Waals surface area contributed by atoms with Gasteiger partial charge in [0.05, 0.1) is 18.9 Å². The Bertz CT molecular complexity index is 868. The number of hydrogen-bond donors (Lipinski definition) is 0. The van der Waals surface area contributed by atoms with Crippen LogP contribution in [0.4, 0.5) is 0 Å². The van der Waals surface area contributed by atoms with Crippen molar-refractivity contribution in [3.63, 3.8) is 0 Å². The van der Waals surface area contributed by atoms with E-state index in [2.05, 4.69) is 41.6 Å². The van der Waals surface area contributed by atoms with E-state index in [-0.39, 0.29) is 24.0 Å². The third-order valence-corrected chi connectivity index (χ3v) is 5.48. The van der Waals surface area contributed by atoms with Crippen LogP contribution in [-0.4, -0.2) is 60.9 Å². The van der Waals surface area contributed by atoms with Gasteiger partial charge < -0.3 is 19.3 Å². The molecule has 0 aromatic heterocycles. The van der Waals surface area contributed by atoms with Crippen LogP contribution in [0.2, 0.25) is 0 Å². The Hall–Kier alpha value is -3.05. The normalized spacial score (nSPS) is 22.9. The monoisotopic (exact) mass is 455 g/mol. The SMILES string of the molecule is C=C1C(OCC2/C=C\C/C=C\CC2)=C=C(C(=O)OCC)N=C(N2CCC(=O)CC2)N1C.CC. The van der Waals surface area contributed by atoms with Gasteiger partial charge in [0.1, 0.15) is 5.78 Å². The minimum Gasteiger partial charge on any atom is -0.483 e. The fraction of sp³-hybridized carbons (Fsp3) is 0.538. The van der Waals surface area contributed by atoms with E-state index >= 15 is 0 Å². The molecule has 3 rings (SSSR count). The first kappa shape index (κ1) is 26.2. The van der Waals surface area contributed by atoms with E-state index in [9.17, 15) is 9.59 Å². The number of rotatable bonds is 5. The zero-order valence-corrected chi connectivity index (χ0v) is 20.4. The highest BCUT2D eigenvalue weighted by atomic mass is 16.5. The third-order valence-electron chi connectivity index (χ3n) is 5.48. The van der Waals surface area contributed by atoms with Crippen molar-refractivity contribution in [2.75, 3.05) is 33.4 Å². The molecule has 0 spiro atoms. The van der Waals surface area contributed by atoms with Crippen molar-refractivity contribution in [3.8, 4) is 0 Å². The van der Waals surface area contributed by atoms with Crippen molar-refractivity contribution in [2.24, 2.45) is 10.9 Å². The van der Waals surface area contributed by atoms with Crippen LogP contribution in [-0.2, 0) is 19.1 Å². The van der Waals surface area contributed by atoms with E-state index in [1.165, 1.54) is 0 Å². The van der Waals surface area contributed by atoms with Gasteiger partial charge in [-0.1, -0.05) is 44.7 Å². The van der Waals surface area contributed by atoms with Crippen molar-refractivity contribution in [1.29, 1.82) is 0 Å². The van der Waals surface area contributed by atoms with Crippen molar-refractivity contribution < 1.29 is 19.1 Å². The summed E-state index contributed by atoms with van der Waals surface area (Å²) in [7, 11) is 1.83. The molecular weight excluding hydrogens is 418 g/mol. The maximum atomic E-state index is 12.5. The molecule has 1 fully saturated rings. The van der Waals surface area contributed by atoms with E-state index in [1.807, 2.05) is 25.8 Å². The van der Waals surface area contributed by atoms with Gasteiger partial charge in [-0.05, 0) is 31.9 Å². The first-order valence-corrected chi connectivity index (χ1v) is 11.9. The fourth-order valence-electron chi connectivity index (χ4n) is 3.61. The van der Waals surface area contributed by atoms with E-state index in [4.69, 9.17) is 9.47 Å². The molecule has 2 aliphatic heterocycles. The Balaban J connectivity index is 0.00000187. The van der Waals surface area contributed by atoms with Gasteiger partial charge in [0.2, 0.25) is 5.96 Å². The first-order valence-electron chi connectivity index (χ1n) is 11.9. The number of hydrogen-bond acceptors (Lipinski definition) is 7. The average molecular weight is 456 g/mol. The van der Waals surface area contributed by atoms with Gasteiger partial charge in [0, 0.05) is 38.9 Å². The molecule has 0 N–H and O–H groups in total. The Morgan fingerprint density at radius 1 is 1.24 bits per heavy atom. The second kappa shape index (κ2) is 13.5. The van der Waals surface area contributed by atoms with E-state index in [0.717, 1.165) is 19.3 Å². The number of esters is 1. The van der Waals surface area contributed by atoms with Crippen LogP contribution in [0.15, 0.2) is 58.8 Å². The summed E-state index contributed by atoms with van der Waals surface area (Å²) >= 11 is 0. The molecule has 1 atom stereocenters. The van der Waals surface area contributed by atoms with Gasteiger partial charge in [0.15, 0.2) is 11.5 Å². The molecule has 0 bridgehead atoms. The van der Waals surface area contributed by atoms with E-state index in [0.29, 0.717) is 50.0 Å². The van der Waals surface area contributed by atoms with Crippen LogP contribution < -0.4 is 0 Å². The summed E-state index contributed by atoms with van der Waals surface area (Å²) in [6.45, 7) is 11.7. The van der Waals surface area contributed by atoms with Crippen LogP contribution in [0.3, 0.4) is 0 Å². The maximum absolute atomic E-state index is 12.5. The lowest BCUT2D eigenvalue weighted by Crippen LogP contribution is -2.46. The Morgan fingerprint density at radius 2 is 1.97 bits per heavy atom. The summed E-state index contributed by atoms with van der Waals surface area (Å²) < 4.78 is 11.3. The lowest BCUT2D eigenvalue weighted by Gasteiger charge is -2.34. The third kappa shape index (κ3) is 7.50. The van der Waals surface area contributed by atoms with Gasteiger partial charge in [-0.25, -0.2) is 4.79 Å². The zero-order valence-electron chi connectivity index (χ0n) is 20.4. The quantitative estimate of drug-likeness (QED) is 0.349. The number of likely N-dealkylation sites (tertiary alicyclic amines) is 1. The van der Waals surface area contributed by atoms with Crippen LogP contribution in [0.1, 0.15) is 52.9 Å². The van der Waals surface area contributed by atoms with Gasteiger partial charge in [-0.15, -0.1) is 0 Å². The van der Waals surface area contributed by atoms with E-state index < -0.39 is 5.97 Å². The average Bonchev–Trinajstić information content (AvgIpc) is 2.92. The molecule has 0 aromatic rings. The number of ether oxygens (including phenoxy) is 2. The predicted molar refractivity (Wildman–Crippen MR) is 130 cm³/mol. The Morgan fingerprint density at radius 3 is 2.67 bits per heavy atom. The molecule has 180 valence electrons. The summed E-state index contributed by atoms with van der Waals surface area (Å²) in [4.78, 5) is 32.5. The molecule has 2 heterocycles. The Labute approximate surface area is 197 Å². The summed E-state index contributed by atoms with van der Waals surface area (Å²) in [6.07, 6.45) is 12.5. The number of guanidine groups is 1. The number of allylic oxidation sites excluding steroid dienone is 3. The standard InChI is InChI=1S/C24H31N3O4.C2H6/c1-4-30-23(29)21-16-22(31-17-19-10-8-6-5-7-9-11-19)18(2)26(3)24(25-21)27-14-12-20(28)13-15-27;1-2/h5-6,9,11,19H,2,4,7-8,10,12-15,17H2,1,3H3;1-2H3/b6-5-,11-9-;. The number of nitrogens with zero attached hydrogens (tertiary/aromatic N) is 3. The summed E-state index contributed by atoms with van der Waals surface area (Å²) in [5.41, 5.74) is 3.61. The zero-order chi connectivity index (χ0) is 24.2. The number of likely N-dealkylation sites (N-methyl/N-ethyl adjacent to an activating group) is 1. The van der Waals surface area contributed by atoms with Gasteiger partial charge >= 0.3 is 5.97 Å². The largest absolute Gasteiger partial charge is 0.483 e. The summed E-state index contributed by atoms with van der Waals surface area (Å²) in [5.74, 6) is 0.858. The van der Waals surface area contributed by atoms with E-state index in [1.54, 1.807) is 11.8 Å². The first-order chi connectivity index (χ1) is 16.0. The second-order valence-corrected chi connectivity index (χ2v) is 7.75. The molecule has 33 heavy (non-hydrogen) atoms. The van der Waals surface area contributed by atoms with Crippen LogP contribution >= 0.6 is 0 Å². The lowest BCUT2D eigenvalue weighted by molar-refractivity contribution is -0.138. The summed E-state index contributed by atoms with van der Waals surface area (Å²) in [6, 6.07) is 0. The molecule has 0 amide bonds. The number of piperidine rings is 1. The van der Waals surface area contributed by atoms with Gasteiger partial charge in [-0.2, -0.15) is 4.99 Å². The number of Topliss-reactive ketones (excluding diaryl/α,β-unsaturated/α-hetero) is 1. The van der Waals surface area contributed by atoms with Crippen LogP contribution in [0, 0.1) is 5.92 Å². The van der Waals surface area contributed by atoms with Crippen molar-refractivity contribution in [2.45, 2.75) is 52.9 Å². The molecule has 7 nitrogen and oxygen atoms in total. The van der Waals surface area contributed by atoms with Gasteiger partial charge in [0.25, 0.3) is 0 Å². The Kier molecular flexibility index (Phi) is 10.7. The highest BCUT2D eigenvalue weighted by Gasteiger charge is 2.28. The molecule has 7 heteroatoms. The molecule has 0 saturated carbocycles. The van der Waals surface area contributed by atoms with Crippen molar-refractivity contribution >= 4 is 17.7 Å². The van der Waals surface area contributed by atoms with Crippen molar-refractivity contribution in [1.82, 2.24) is 9.80 Å². The fourth-order valence-corrected chi connectivity index (χ4v) is 3.61. The van der Waals surface area contributed by atoms with Crippen molar-refractivity contribution in [3.05, 3.63) is 53.8 Å². The smallest absolute Gasteiger partial charge is 0.365 e. The molecule has 1 aliphatic carbocycles. The molecule has 1 unspecified atom stereocenters. The molecule has 0 aromatic carbocycles. The number of ketones is 1. The minimum atomic E-state index is -0.562. The maximum Gasteiger partial charge on any atom is 0.365 e. The highest BCUT2D eigenvalue weighted by molar-refractivity contribution is 5.94. The minimum absolute atomic E-state index is 0.0467. The van der Waals surface area contributed by atoms with Crippen LogP contribution in [0.25, 0.3) is 0 Å². The number of aliphatic imine (C=N–C) groups is 1. The molecule has 1 saturated heterocycles. The topological polar surface area (TPSA) is 71.4 Å². The number of carbonyl (C=O) groups excluding carboxylic acids is 2. The predicted octanol–water partition coefficient (Wildman–Crippen LogP) is 4.35. The highest BCUT2D eigenvalue weighted by Crippen LogP contribution is 2.23. The van der Waals surface area contributed by atoms with Crippen LogP contribution in [0.5, 0.6) is 0 Å². The molecule has 0 radical (unpaired) electrons. The summed E-state index contributed by atoms with van der Waals surface area (Å²) in [5, 5.41) is 0. The molecule has 3 aliphatic rings.